The third-order valence-electron chi connectivity index (χ3n) is 3.23. The maximum absolute atomic E-state index is 5.80. The molecule has 106 valence electrons. The van der Waals surface area contributed by atoms with E-state index in [2.05, 4.69) is 16.2 Å². The maximum Gasteiger partial charge on any atom is 0.229 e. The van der Waals surface area contributed by atoms with E-state index in [0.29, 0.717) is 18.3 Å². The summed E-state index contributed by atoms with van der Waals surface area (Å²) in [6.45, 7) is 2.32. The van der Waals surface area contributed by atoms with Crippen LogP contribution in [0.3, 0.4) is 0 Å². The molecular weight excluding hydrogens is 254 g/mol. The van der Waals surface area contributed by atoms with Gasteiger partial charge in [-0.05, 0) is 43.9 Å². The summed E-state index contributed by atoms with van der Waals surface area (Å²) in [6.07, 6.45) is 3.15. The van der Waals surface area contributed by atoms with E-state index in [1.807, 2.05) is 25.1 Å². The molecule has 5 heteroatoms. The molecule has 0 saturated heterocycles. The first-order valence-corrected chi connectivity index (χ1v) is 7.00. The average Bonchev–Trinajstić information content (AvgIpc) is 3.16. The molecule has 1 aromatic carbocycles. The Morgan fingerprint density at radius 1 is 1.45 bits per heavy atom. The van der Waals surface area contributed by atoms with Crippen LogP contribution in [0.25, 0.3) is 0 Å². The second-order valence-electron chi connectivity index (χ2n) is 5.44. The Bertz CT molecular complexity index is 576. The molecule has 0 bridgehead atoms. The van der Waals surface area contributed by atoms with Crippen LogP contribution < -0.4 is 10.5 Å². The number of nitrogens with two attached hydrogens (primary N) is 1. The second-order valence-corrected chi connectivity index (χ2v) is 5.44. The van der Waals surface area contributed by atoms with E-state index >= 15 is 0 Å². The minimum atomic E-state index is 0.142. The van der Waals surface area contributed by atoms with Crippen LogP contribution in [0.15, 0.2) is 28.8 Å². The molecular formula is C15H19N3O2. The number of aromatic nitrogens is 2. The van der Waals surface area contributed by atoms with Gasteiger partial charge < -0.3 is 15.0 Å². The van der Waals surface area contributed by atoms with Crippen LogP contribution in [0.1, 0.15) is 43.0 Å². The smallest absolute Gasteiger partial charge is 0.229 e. The minimum absolute atomic E-state index is 0.142. The summed E-state index contributed by atoms with van der Waals surface area (Å²) in [7, 11) is 0. The lowest BCUT2D eigenvalue weighted by atomic mass is 10.1. The topological polar surface area (TPSA) is 74.2 Å². The SMILES string of the molecule is CC(N)Cc1cccc(OCc2noc(C3CC3)n2)c1. The van der Waals surface area contributed by atoms with Gasteiger partial charge in [0.15, 0.2) is 6.61 Å². The highest BCUT2D eigenvalue weighted by molar-refractivity contribution is 5.29. The van der Waals surface area contributed by atoms with Crippen molar-refractivity contribution in [1.82, 2.24) is 10.1 Å². The van der Waals surface area contributed by atoms with Gasteiger partial charge in [-0.15, -0.1) is 0 Å². The predicted molar refractivity (Wildman–Crippen MR) is 74.4 cm³/mol. The first-order valence-electron chi connectivity index (χ1n) is 7.00. The highest BCUT2D eigenvalue weighted by Gasteiger charge is 2.29. The van der Waals surface area contributed by atoms with Crippen molar-refractivity contribution in [2.24, 2.45) is 5.73 Å². The van der Waals surface area contributed by atoms with Gasteiger partial charge in [0.05, 0.1) is 0 Å². The van der Waals surface area contributed by atoms with Crippen molar-refractivity contribution in [3.05, 3.63) is 41.5 Å². The number of nitrogens with zero attached hydrogens (tertiary/aromatic N) is 2. The van der Waals surface area contributed by atoms with Crippen molar-refractivity contribution in [3.8, 4) is 5.75 Å². The molecule has 2 aromatic rings. The van der Waals surface area contributed by atoms with Gasteiger partial charge in [0.25, 0.3) is 0 Å². The Morgan fingerprint density at radius 3 is 3.05 bits per heavy atom. The lowest BCUT2D eigenvalue weighted by molar-refractivity contribution is 0.285. The van der Waals surface area contributed by atoms with Gasteiger partial charge >= 0.3 is 0 Å². The molecule has 0 aliphatic heterocycles. The van der Waals surface area contributed by atoms with Crippen molar-refractivity contribution in [2.45, 2.75) is 44.8 Å². The molecule has 1 aromatic heterocycles. The van der Waals surface area contributed by atoms with Crippen LogP contribution in [-0.4, -0.2) is 16.2 Å². The lowest BCUT2D eigenvalue weighted by Gasteiger charge is -2.08. The van der Waals surface area contributed by atoms with Gasteiger partial charge in [0, 0.05) is 12.0 Å². The zero-order valence-electron chi connectivity index (χ0n) is 11.6. The number of benzene rings is 1. The normalized spacial score (nSPS) is 16.1. The molecule has 5 nitrogen and oxygen atoms in total. The fraction of sp³-hybridized carbons (Fsp3) is 0.467. The fourth-order valence-electron chi connectivity index (χ4n) is 2.10. The van der Waals surface area contributed by atoms with E-state index in [9.17, 15) is 0 Å². The molecule has 3 rings (SSSR count). The van der Waals surface area contributed by atoms with Crippen molar-refractivity contribution < 1.29 is 9.26 Å². The van der Waals surface area contributed by atoms with Crippen molar-refractivity contribution in [3.63, 3.8) is 0 Å². The summed E-state index contributed by atoms with van der Waals surface area (Å²) in [5.41, 5.74) is 6.97. The number of hydrogen-bond donors (Lipinski definition) is 1. The Hall–Kier alpha value is -1.88. The Labute approximate surface area is 118 Å². The van der Waals surface area contributed by atoms with Crippen LogP contribution in [-0.2, 0) is 13.0 Å². The van der Waals surface area contributed by atoms with Gasteiger partial charge in [0.1, 0.15) is 5.75 Å². The van der Waals surface area contributed by atoms with E-state index in [1.165, 1.54) is 5.56 Å². The molecule has 0 spiro atoms. The first kappa shape index (κ1) is 13.1. The van der Waals surface area contributed by atoms with E-state index in [-0.39, 0.29) is 6.04 Å². The van der Waals surface area contributed by atoms with Crippen LogP contribution in [0, 0.1) is 0 Å². The standard InChI is InChI=1S/C15H19N3O2/c1-10(16)7-11-3-2-4-13(8-11)19-9-14-17-15(20-18-14)12-5-6-12/h2-4,8,10,12H,5-7,9,16H2,1H3. The van der Waals surface area contributed by atoms with Crippen LogP contribution in [0.2, 0.25) is 0 Å². The predicted octanol–water partition coefficient (Wildman–Crippen LogP) is 2.42. The van der Waals surface area contributed by atoms with Crippen LogP contribution in [0.5, 0.6) is 5.75 Å². The monoisotopic (exact) mass is 273 g/mol. The van der Waals surface area contributed by atoms with E-state index in [1.54, 1.807) is 0 Å². The van der Waals surface area contributed by atoms with E-state index < -0.39 is 0 Å². The summed E-state index contributed by atoms with van der Waals surface area (Å²) >= 11 is 0. The highest BCUT2D eigenvalue weighted by atomic mass is 16.5. The molecule has 1 heterocycles. The van der Waals surface area contributed by atoms with Crippen LogP contribution in [0.4, 0.5) is 0 Å². The van der Waals surface area contributed by atoms with Crippen molar-refractivity contribution >= 4 is 0 Å². The Kier molecular flexibility index (Phi) is 3.69. The second kappa shape index (κ2) is 5.63. The summed E-state index contributed by atoms with van der Waals surface area (Å²) in [4.78, 5) is 4.34. The Balaban J connectivity index is 1.59. The third-order valence-corrected chi connectivity index (χ3v) is 3.23. The van der Waals surface area contributed by atoms with Gasteiger partial charge in [-0.2, -0.15) is 4.98 Å². The minimum Gasteiger partial charge on any atom is -0.485 e. The Morgan fingerprint density at radius 2 is 2.30 bits per heavy atom. The summed E-state index contributed by atoms with van der Waals surface area (Å²) in [5, 5.41) is 3.93. The first-order chi connectivity index (χ1) is 9.70. The molecule has 0 amide bonds. The molecule has 0 radical (unpaired) electrons. The number of ether oxygens (including phenoxy) is 1. The third kappa shape index (κ3) is 3.36. The summed E-state index contributed by atoms with van der Waals surface area (Å²) in [5.74, 6) is 2.63. The molecule has 1 saturated carbocycles. The zero-order valence-corrected chi connectivity index (χ0v) is 11.6. The number of rotatable bonds is 6. The quantitative estimate of drug-likeness (QED) is 0.874. The van der Waals surface area contributed by atoms with Crippen molar-refractivity contribution in [2.75, 3.05) is 0 Å². The largest absolute Gasteiger partial charge is 0.485 e. The molecule has 20 heavy (non-hydrogen) atoms. The summed E-state index contributed by atoms with van der Waals surface area (Å²) in [6, 6.07) is 8.09. The van der Waals surface area contributed by atoms with Gasteiger partial charge in [-0.25, -0.2) is 0 Å². The molecule has 1 unspecified atom stereocenters. The maximum atomic E-state index is 5.80. The molecule has 1 atom stereocenters. The van der Waals surface area contributed by atoms with Gasteiger partial charge in [-0.1, -0.05) is 17.3 Å². The lowest BCUT2D eigenvalue weighted by Crippen LogP contribution is -2.17. The van der Waals surface area contributed by atoms with Crippen molar-refractivity contribution in [1.29, 1.82) is 0 Å². The zero-order chi connectivity index (χ0) is 13.9. The van der Waals surface area contributed by atoms with Gasteiger partial charge in [0.2, 0.25) is 11.7 Å². The molecule has 2 N–H and O–H groups in total. The molecule has 1 aliphatic rings. The van der Waals surface area contributed by atoms with Gasteiger partial charge in [-0.3, -0.25) is 0 Å². The molecule has 1 fully saturated rings. The average molecular weight is 273 g/mol. The van der Waals surface area contributed by atoms with E-state index in [0.717, 1.165) is 30.9 Å². The molecule has 1 aliphatic carbocycles. The number of hydrogen-bond acceptors (Lipinski definition) is 5. The summed E-state index contributed by atoms with van der Waals surface area (Å²) < 4.78 is 10.9. The highest BCUT2D eigenvalue weighted by Crippen LogP contribution is 2.38. The van der Waals surface area contributed by atoms with Crippen LogP contribution >= 0.6 is 0 Å². The van der Waals surface area contributed by atoms with E-state index in [4.69, 9.17) is 15.0 Å². The fourth-order valence-corrected chi connectivity index (χ4v) is 2.10.